The molecular formula is C18H18N4O2S. The van der Waals surface area contributed by atoms with Crippen LogP contribution in [0, 0.1) is 0 Å². The van der Waals surface area contributed by atoms with Crippen molar-refractivity contribution in [1.82, 2.24) is 14.8 Å². The summed E-state index contributed by atoms with van der Waals surface area (Å²) < 4.78 is 7.04. The fraction of sp³-hybridized carbons (Fsp3) is 0.167. The lowest BCUT2D eigenvalue weighted by molar-refractivity contribution is 0.102. The van der Waals surface area contributed by atoms with Crippen LogP contribution < -0.4 is 10.1 Å². The highest BCUT2D eigenvalue weighted by Gasteiger charge is 2.15. The Kier molecular flexibility index (Phi) is 5.35. The van der Waals surface area contributed by atoms with E-state index in [1.807, 2.05) is 36.6 Å². The Hall–Kier alpha value is -2.80. The topological polar surface area (TPSA) is 69.0 Å². The van der Waals surface area contributed by atoms with E-state index in [0.717, 1.165) is 10.6 Å². The first-order valence-electron chi connectivity index (χ1n) is 7.66. The van der Waals surface area contributed by atoms with Gasteiger partial charge in [-0.15, -0.1) is 11.8 Å². The molecular weight excluding hydrogens is 336 g/mol. The van der Waals surface area contributed by atoms with E-state index in [1.54, 1.807) is 48.1 Å². The van der Waals surface area contributed by atoms with Crippen LogP contribution in [0.5, 0.6) is 5.75 Å². The molecule has 0 fully saturated rings. The molecule has 0 spiro atoms. The van der Waals surface area contributed by atoms with Crippen LogP contribution in [0.4, 0.5) is 5.82 Å². The molecule has 1 N–H and O–H groups in total. The second kappa shape index (κ2) is 7.85. The number of amides is 1. The van der Waals surface area contributed by atoms with Gasteiger partial charge in [0.2, 0.25) is 0 Å². The average molecular weight is 354 g/mol. The van der Waals surface area contributed by atoms with Gasteiger partial charge in [0.05, 0.1) is 31.1 Å². The monoisotopic (exact) mass is 354 g/mol. The molecule has 1 aromatic carbocycles. The van der Waals surface area contributed by atoms with Gasteiger partial charge in [-0.1, -0.05) is 6.07 Å². The maximum Gasteiger partial charge on any atom is 0.260 e. The van der Waals surface area contributed by atoms with E-state index in [0.29, 0.717) is 23.7 Å². The average Bonchev–Trinajstić information content (AvgIpc) is 3.08. The van der Waals surface area contributed by atoms with Crippen molar-refractivity contribution >= 4 is 23.5 Å². The normalized spacial score (nSPS) is 10.5. The van der Waals surface area contributed by atoms with Crippen LogP contribution >= 0.6 is 11.8 Å². The quantitative estimate of drug-likeness (QED) is 0.688. The summed E-state index contributed by atoms with van der Waals surface area (Å²) in [6.45, 7) is 0.478. The zero-order valence-electron chi connectivity index (χ0n) is 14.0. The number of anilines is 1. The fourth-order valence-electron chi connectivity index (χ4n) is 2.38. The van der Waals surface area contributed by atoms with E-state index in [2.05, 4.69) is 15.4 Å². The molecule has 3 aromatic rings. The molecule has 3 rings (SSSR count). The number of aromatic nitrogens is 3. The van der Waals surface area contributed by atoms with Crippen LogP contribution in [0.1, 0.15) is 16.1 Å². The number of pyridine rings is 1. The zero-order chi connectivity index (χ0) is 17.6. The summed E-state index contributed by atoms with van der Waals surface area (Å²) >= 11 is 1.60. The SMILES string of the molecule is COc1cc(SC)ccc1C(=O)Nc1ccnn1Cc1ccccn1. The Morgan fingerprint density at radius 2 is 2.12 bits per heavy atom. The Morgan fingerprint density at radius 1 is 1.24 bits per heavy atom. The lowest BCUT2D eigenvalue weighted by atomic mass is 10.2. The van der Waals surface area contributed by atoms with E-state index in [1.165, 1.54) is 0 Å². The van der Waals surface area contributed by atoms with Gasteiger partial charge >= 0.3 is 0 Å². The van der Waals surface area contributed by atoms with Gasteiger partial charge in [-0.2, -0.15) is 5.10 Å². The highest BCUT2D eigenvalue weighted by Crippen LogP contribution is 2.26. The molecule has 0 aliphatic heterocycles. The number of thioether (sulfide) groups is 1. The van der Waals surface area contributed by atoms with Crippen LogP contribution in [-0.4, -0.2) is 34.0 Å². The van der Waals surface area contributed by atoms with Crippen molar-refractivity contribution in [2.75, 3.05) is 18.7 Å². The molecule has 25 heavy (non-hydrogen) atoms. The summed E-state index contributed by atoms with van der Waals surface area (Å²) in [4.78, 5) is 18.0. The van der Waals surface area contributed by atoms with E-state index in [4.69, 9.17) is 4.74 Å². The minimum absolute atomic E-state index is 0.243. The predicted molar refractivity (Wildman–Crippen MR) is 98.3 cm³/mol. The van der Waals surface area contributed by atoms with Gasteiger partial charge in [0.1, 0.15) is 11.6 Å². The van der Waals surface area contributed by atoms with Gasteiger partial charge in [0.25, 0.3) is 5.91 Å². The third-order valence-corrected chi connectivity index (χ3v) is 4.37. The Bertz CT molecular complexity index is 865. The molecule has 0 bridgehead atoms. The largest absolute Gasteiger partial charge is 0.496 e. The van der Waals surface area contributed by atoms with Crippen molar-refractivity contribution in [3.8, 4) is 5.75 Å². The smallest absolute Gasteiger partial charge is 0.260 e. The molecule has 128 valence electrons. The zero-order valence-corrected chi connectivity index (χ0v) is 14.8. The minimum Gasteiger partial charge on any atom is -0.496 e. The van der Waals surface area contributed by atoms with Crippen LogP contribution in [0.15, 0.2) is 59.8 Å². The number of ether oxygens (including phenoxy) is 1. The van der Waals surface area contributed by atoms with E-state index >= 15 is 0 Å². The third kappa shape index (κ3) is 4.00. The Balaban J connectivity index is 1.79. The van der Waals surface area contributed by atoms with Gasteiger partial charge in [0.15, 0.2) is 0 Å². The summed E-state index contributed by atoms with van der Waals surface area (Å²) in [5.74, 6) is 0.902. The van der Waals surface area contributed by atoms with Crippen LogP contribution in [0.2, 0.25) is 0 Å². The molecule has 2 aromatic heterocycles. The second-order valence-electron chi connectivity index (χ2n) is 5.22. The minimum atomic E-state index is -0.243. The number of hydrogen-bond acceptors (Lipinski definition) is 5. The van der Waals surface area contributed by atoms with Crippen molar-refractivity contribution in [1.29, 1.82) is 0 Å². The molecule has 0 aliphatic rings. The fourth-order valence-corrected chi connectivity index (χ4v) is 2.81. The molecule has 0 radical (unpaired) electrons. The van der Waals surface area contributed by atoms with Gasteiger partial charge < -0.3 is 10.1 Å². The Morgan fingerprint density at radius 3 is 2.84 bits per heavy atom. The molecule has 0 unspecified atom stereocenters. The molecule has 6 nitrogen and oxygen atoms in total. The molecule has 2 heterocycles. The van der Waals surface area contributed by atoms with Crippen LogP contribution in [0.25, 0.3) is 0 Å². The molecule has 1 amide bonds. The molecule has 0 saturated carbocycles. The lowest BCUT2D eigenvalue weighted by Crippen LogP contribution is -2.17. The molecule has 0 atom stereocenters. The van der Waals surface area contributed by atoms with Crippen LogP contribution in [-0.2, 0) is 6.54 Å². The number of rotatable bonds is 6. The molecule has 0 saturated heterocycles. The summed E-state index contributed by atoms with van der Waals surface area (Å²) in [6, 6.07) is 13.0. The second-order valence-corrected chi connectivity index (χ2v) is 6.10. The van der Waals surface area contributed by atoms with Crippen molar-refractivity contribution in [2.24, 2.45) is 0 Å². The summed E-state index contributed by atoms with van der Waals surface area (Å²) in [6.07, 6.45) is 5.35. The highest BCUT2D eigenvalue weighted by molar-refractivity contribution is 7.98. The number of methoxy groups -OCH3 is 1. The van der Waals surface area contributed by atoms with E-state index < -0.39 is 0 Å². The third-order valence-electron chi connectivity index (χ3n) is 3.65. The maximum atomic E-state index is 12.6. The van der Waals surface area contributed by atoms with Crippen molar-refractivity contribution in [3.05, 3.63) is 66.1 Å². The number of benzene rings is 1. The number of hydrogen-bond donors (Lipinski definition) is 1. The van der Waals surface area contributed by atoms with Crippen molar-refractivity contribution in [2.45, 2.75) is 11.4 Å². The first-order chi connectivity index (χ1) is 12.2. The maximum absolute atomic E-state index is 12.6. The summed E-state index contributed by atoms with van der Waals surface area (Å²) in [5, 5.41) is 7.14. The van der Waals surface area contributed by atoms with E-state index in [-0.39, 0.29) is 5.91 Å². The summed E-state index contributed by atoms with van der Waals surface area (Å²) in [5.41, 5.74) is 1.34. The van der Waals surface area contributed by atoms with Gasteiger partial charge in [0, 0.05) is 17.2 Å². The first-order valence-corrected chi connectivity index (χ1v) is 8.89. The molecule has 0 aliphatic carbocycles. The van der Waals surface area contributed by atoms with Gasteiger partial charge in [-0.3, -0.25) is 9.78 Å². The number of carbonyl (C=O) groups excluding carboxylic acids is 1. The number of nitrogens with zero attached hydrogens (tertiary/aromatic N) is 3. The van der Waals surface area contributed by atoms with Crippen molar-refractivity contribution in [3.63, 3.8) is 0 Å². The standard InChI is InChI=1S/C18H18N4O2S/c1-24-16-11-14(25-2)6-7-15(16)18(23)21-17-8-10-20-22(17)12-13-5-3-4-9-19-13/h3-11H,12H2,1-2H3,(H,21,23). The number of carbonyl (C=O) groups is 1. The highest BCUT2D eigenvalue weighted by atomic mass is 32.2. The molecule has 7 heteroatoms. The van der Waals surface area contributed by atoms with E-state index in [9.17, 15) is 4.79 Å². The van der Waals surface area contributed by atoms with Gasteiger partial charge in [-0.25, -0.2) is 4.68 Å². The number of nitrogens with one attached hydrogen (secondary N) is 1. The lowest BCUT2D eigenvalue weighted by Gasteiger charge is -2.12. The van der Waals surface area contributed by atoms with Gasteiger partial charge in [-0.05, 0) is 36.6 Å². The summed E-state index contributed by atoms with van der Waals surface area (Å²) in [7, 11) is 1.56. The van der Waals surface area contributed by atoms with Crippen molar-refractivity contribution < 1.29 is 9.53 Å². The first kappa shape index (κ1) is 17.0. The van der Waals surface area contributed by atoms with Crippen LogP contribution in [0.3, 0.4) is 0 Å². The predicted octanol–water partition coefficient (Wildman–Crippen LogP) is 3.31. The Labute approximate surface area is 150 Å².